The van der Waals surface area contributed by atoms with Gasteiger partial charge in [-0.1, -0.05) is 70.5 Å². The molecule has 0 fully saturated rings. The van der Waals surface area contributed by atoms with Gasteiger partial charge in [-0.25, -0.2) is 0 Å². The molecule has 0 aliphatic heterocycles. The molecule has 0 atom stereocenters. The predicted molar refractivity (Wildman–Crippen MR) is 109 cm³/mol. The van der Waals surface area contributed by atoms with E-state index in [4.69, 9.17) is 4.74 Å². The van der Waals surface area contributed by atoms with Crippen LogP contribution in [0.2, 0.25) is 0 Å². The van der Waals surface area contributed by atoms with E-state index in [9.17, 15) is 4.79 Å². The van der Waals surface area contributed by atoms with Crippen molar-refractivity contribution >= 4 is 11.6 Å². The Bertz CT molecular complexity index is 699. The van der Waals surface area contributed by atoms with Crippen molar-refractivity contribution in [1.82, 2.24) is 0 Å². The van der Waals surface area contributed by atoms with Gasteiger partial charge in [-0.2, -0.15) is 0 Å². The van der Waals surface area contributed by atoms with Crippen LogP contribution in [0.1, 0.15) is 58.1 Å². The van der Waals surface area contributed by atoms with Crippen LogP contribution in [-0.4, -0.2) is 12.5 Å². The van der Waals surface area contributed by atoms with Crippen molar-refractivity contribution in [1.29, 1.82) is 0 Å². The maximum atomic E-state index is 12.3. The molecule has 0 aromatic heterocycles. The van der Waals surface area contributed by atoms with Crippen molar-refractivity contribution in [3.05, 3.63) is 59.7 Å². The van der Waals surface area contributed by atoms with Gasteiger partial charge in [0.05, 0.1) is 12.3 Å². The van der Waals surface area contributed by atoms with E-state index in [1.165, 1.54) is 11.1 Å². The molecular weight excluding hydrogens is 322 g/mol. The molecule has 0 saturated carbocycles. The van der Waals surface area contributed by atoms with Gasteiger partial charge in [0, 0.05) is 6.42 Å². The molecule has 2 rings (SSSR count). The van der Waals surface area contributed by atoms with Gasteiger partial charge < -0.3 is 10.1 Å². The van der Waals surface area contributed by atoms with E-state index in [0.29, 0.717) is 13.0 Å². The number of hydrogen-bond donors (Lipinski definition) is 1. The maximum Gasteiger partial charge on any atom is 0.224 e. The molecule has 0 saturated heterocycles. The second kappa shape index (κ2) is 9.42. The molecule has 140 valence electrons. The number of para-hydroxylation sites is 2. The van der Waals surface area contributed by atoms with Crippen LogP contribution < -0.4 is 10.1 Å². The molecule has 0 aliphatic carbocycles. The molecule has 0 radical (unpaired) electrons. The average Bonchev–Trinajstić information content (AvgIpc) is 2.61. The molecule has 1 amide bonds. The van der Waals surface area contributed by atoms with Crippen molar-refractivity contribution in [2.75, 3.05) is 11.9 Å². The molecule has 0 aliphatic rings. The Morgan fingerprint density at radius 2 is 1.73 bits per heavy atom. The van der Waals surface area contributed by atoms with Crippen LogP contribution in [0, 0.1) is 0 Å². The highest BCUT2D eigenvalue weighted by Crippen LogP contribution is 2.25. The van der Waals surface area contributed by atoms with Gasteiger partial charge in [0.15, 0.2) is 0 Å². The first kappa shape index (κ1) is 20.0. The lowest BCUT2D eigenvalue weighted by atomic mass is 9.86. The van der Waals surface area contributed by atoms with Gasteiger partial charge in [0.2, 0.25) is 5.91 Å². The zero-order valence-corrected chi connectivity index (χ0v) is 16.5. The number of benzene rings is 2. The summed E-state index contributed by atoms with van der Waals surface area (Å²) in [7, 11) is 0. The molecule has 2 aromatic rings. The van der Waals surface area contributed by atoms with Gasteiger partial charge in [-0.05, 0) is 41.5 Å². The SMILES string of the molecule is CCCCOc1ccccc1NC(=O)CCc1ccc(C(C)(C)C)cc1. The fourth-order valence-corrected chi connectivity index (χ4v) is 2.66. The highest BCUT2D eigenvalue weighted by Gasteiger charge is 2.13. The van der Waals surface area contributed by atoms with E-state index in [1.54, 1.807) is 0 Å². The third-order valence-corrected chi connectivity index (χ3v) is 4.38. The van der Waals surface area contributed by atoms with Gasteiger partial charge in [0.25, 0.3) is 0 Å². The fraction of sp³-hybridized carbons (Fsp3) is 0.435. The molecule has 0 bridgehead atoms. The van der Waals surface area contributed by atoms with Gasteiger partial charge in [0.1, 0.15) is 5.75 Å². The van der Waals surface area contributed by atoms with Crippen molar-refractivity contribution < 1.29 is 9.53 Å². The Morgan fingerprint density at radius 1 is 1.04 bits per heavy atom. The fourth-order valence-electron chi connectivity index (χ4n) is 2.66. The normalized spacial score (nSPS) is 11.2. The number of rotatable bonds is 8. The zero-order chi connectivity index (χ0) is 19.0. The van der Waals surface area contributed by atoms with Crippen LogP contribution in [0.3, 0.4) is 0 Å². The number of carbonyl (C=O) groups excluding carboxylic acids is 1. The summed E-state index contributed by atoms with van der Waals surface area (Å²) in [5.74, 6) is 0.750. The quantitative estimate of drug-likeness (QED) is 0.615. The molecule has 0 heterocycles. The van der Waals surface area contributed by atoms with Gasteiger partial charge in [-0.15, -0.1) is 0 Å². The van der Waals surface area contributed by atoms with Crippen LogP contribution in [0.25, 0.3) is 0 Å². The van der Waals surface area contributed by atoms with Crippen molar-refractivity contribution in [2.24, 2.45) is 0 Å². The van der Waals surface area contributed by atoms with E-state index >= 15 is 0 Å². The second-order valence-corrected chi connectivity index (χ2v) is 7.69. The highest BCUT2D eigenvalue weighted by molar-refractivity contribution is 5.92. The van der Waals surface area contributed by atoms with Crippen molar-refractivity contribution in [3.8, 4) is 5.75 Å². The van der Waals surface area contributed by atoms with E-state index in [1.807, 2.05) is 24.3 Å². The minimum absolute atomic E-state index is 0.0106. The molecule has 3 heteroatoms. The first-order valence-electron chi connectivity index (χ1n) is 9.51. The predicted octanol–water partition coefficient (Wildman–Crippen LogP) is 5.73. The Balaban J connectivity index is 1.89. The summed E-state index contributed by atoms with van der Waals surface area (Å²) < 4.78 is 5.77. The third kappa shape index (κ3) is 6.21. The molecule has 26 heavy (non-hydrogen) atoms. The van der Waals surface area contributed by atoms with Crippen LogP contribution in [0.15, 0.2) is 48.5 Å². The lowest BCUT2D eigenvalue weighted by molar-refractivity contribution is -0.116. The van der Waals surface area contributed by atoms with E-state index in [0.717, 1.165) is 30.7 Å². The lowest BCUT2D eigenvalue weighted by Crippen LogP contribution is -2.14. The Kier molecular flexibility index (Phi) is 7.26. The summed E-state index contributed by atoms with van der Waals surface area (Å²) in [6.07, 6.45) is 3.28. The Hall–Kier alpha value is -2.29. The molecule has 1 N–H and O–H groups in total. The summed E-state index contributed by atoms with van der Waals surface area (Å²) in [5, 5.41) is 2.98. The zero-order valence-electron chi connectivity index (χ0n) is 16.5. The average molecular weight is 354 g/mol. The van der Waals surface area contributed by atoms with Gasteiger partial charge in [-0.3, -0.25) is 4.79 Å². The molecular formula is C23H31NO2. The van der Waals surface area contributed by atoms with E-state index in [2.05, 4.69) is 57.3 Å². The third-order valence-electron chi connectivity index (χ3n) is 4.38. The largest absolute Gasteiger partial charge is 0.491 e. The highest BCUT2D eigenvalue weighted by atomic mass is 16.5. The minimum atomic E-state index is 0.0106. The number of anilines is 1. The summed E-state index contributed by atoms with van der Waals surface area (Å²) in [5.41, 5.74) is 3.39. The standard InChI is InChI=1S/C23H31NO2/c1-5-6-17-26-21-10-8-7-9-20(21)24-22(25)16-13-18-11-14-19(15-12-18)23(2,3)4/h7-12,14-15H,5-6,13,16-17H2,1-4H3,(H,24,25). The van der Waals surface area contributed by atoms with Crippen molar-refractivity contribution in [3.63, 3.8) is 0 Å². The summed E-state index contributed by atoms with van der Waals surface area (Å²) >= 11 is 0. The smallest absolute Gasteiger partial charge is 0.224 e. The summed E-state index contributed by atoms with van der Waals surface area (Å²) in [6.45, 7) is 9.41. The van der Waals surface area contributed by atoms with Crippen LogP contribution >= 0.6 is 0 Å². The first-order valence-corrected chi connectivity index (χ1v) is 9.51. The lowest BCUT2D eigenvalue weighted by Gasteiger charge is -2.19. The second-order valence-electron chi connectivity index (χ2n) is 7.69. The molecule has 3 nitrogen and oxygen atoms in total. The van der Waals surface area contributed by atoms with E-state index in [-0.39, 0.29) is 11.3 Å². The minimum Gasteiger partial charge on any atom is -0.491 e. The first-order chi connectivity index (χ1) is 12.4. The van der Waals surface area contributed by atoms with Gasteiger partial charge >= 0.3 is 0 Å². The summed E-state index contributed by atoms with van der Waals surface area (Å²) in [6, 6.07) is 16.2. The van der Waals surface area contributed by atoms with E-state index < -0.39 is 0 Å². The molecule has 0 spiro atoms. The number of unbranched alkanes of at least 4 members (excludes halogenated alkanes) is 1. The topological polar surface area (TPSA) is 38.3 Å². The number of hydrogen-bond acceptors (Lipinski definition) is 2. The number of amides is 1. The molecule has 0 unspecified atom stereocenters. The number of nitrogens with one attached hydrogen (secondary N) is 1. The maximum absolute atomic E-state index is 12.3. The van der Waals surface area contributed by atoms with Crippen LogP contribution in [0.4, 0.5) is 5.69 Å². The van der Waals surface area contributed by atoms with Crippen molar-refractivity contribution in [2.45, 2.75) is 58.8 Å². The Morgan fingerprint density at radius 3 is 2.38 bits per heavy atom. The monoisotopic (exact) mass is 353 g/mol. The number of ether oxygens (including phenoxy) is 1. The van der Waals surface area contributed by atoms with Crippen LogP contribution in [0.5, 0.6) is 5.75 Å². The Labute approximate surface area is 157 Å². The molecule has 2 aromatic carbocycles. The number of carbonyl (C=O) groups is 1. The summed E-state index contributed by atoms with van der Waals surface area (Å²) in [4.78, 5) is 12.3. The number of aryl methyl sites for hydroxylation is 1. The van der Waals surface area contributed by atoms with Crippen LogP contribution in [-0.2, 0) is 16.6 Å².